The number of rotatable bonds is 60. The summed E-state index contributed by atoms with van der Waals surface area (Å²) in [6.45, 7) is 2.49. The topological polar surface area (TPSA) is 231 Å². The Kier molecular flexibility index (Phi) is 56.8. The van der Waals surface area contributed by atoms with Crippen molar-refractivity contribution in [1.29, 1.82) is 0 Å². The van der Waals surface area contributed by atoms with Crippen LogP contribution in [-0.2, 0) is 55.8 Å². The number of allylic oxidation sites excluding steroid dienone is 14. The van der Waals surface area contributed by atoms with Crippen LogP contribution < -0.4 is 0 Å². The highest BCUT2D eigenvalue weighted by atomic mass is 31.2. The van der Waals surface area contributed by atoms with Crippen LogP contribution in [0.3, 0.4) is 0 Å². The smallest absolute Gasteiger partial charge is 0.463 e. The Balaban J connectivity index is 4.62. The molecule has 4 N–H and O–H groups in total. The van der Waals surface area contributed by atoms with Crippen LogP contribution in [0.1, 0.15) is 252 Å². The highest BCUT2D eigenvalue weighted by Crippen LogP contribution is 2.45. The van der Waals surface area contributed by atoms with E-state index in [2.05, 4.69) is 106 Å². The molecule has 0 amide bonds. The minimum Gasteiger partial charge on any atom is -0.463 e. The minimum absolute atomic E-state index is 0.0911. The third-order valence-electron chi connectivity index (χ3n) is 13.0. The second-order valence-corrected chi connectivity index (χ2v) is 24.1. The van der Waals surface area contributed by atoms with Crippen molar-refractivity contribution in [2.45, 2.75) is 270 Å². The Bertz CT molecular complexity index is 1860. The summed E-state index contributed by atoms with van der Waals surface area (Å²) in [5.74, 6) is -1.62. The molecule has 0 radical (unpaired) electrons. The number of unbranched alkanes of at least 4 members (excludes halogenated alkanes) is 23. The van der Waals surface area contributed by atoms with Crippen LogP contribution >= 0.6 is 15.6 Å². The van der Waals surface area contributed by atoms with Crippen LogP contribution in [0.4, 0.5) is 0 Å². The van der Waals surface area contributed by atoms with E-state index < -0.39 is 91.5 Å². The highest BCUT2D eigenvalue weighted by molar-refractivity contribution is 7.47. The van der Waals surface area contributed by atoms with Gasteiger partial charge in [-0.15, -0.1) is 0 Å². The van der Waals surface area contributed by atoms with Gasteiger partial charge in [0.2, 0.25) is 0 Å². The summed E-state index contributed by atoms with van der Waals surface area (Å²) in [6, 6.07) is 0. The molecule has 0 saturated carbocycles. The first-order chi connectivity index (χ1) is 40.2. The zero-order chi connectivity index (χ0) is 61.0. The molecule has 480 valence electrons. The summed E-state index contributed by atoms with van der Waals surface area (Å²) < 4.78 is 60.6. The summed E-state index contributed by atoms with van der Waals surface area (Å²) in [6.07, 6.45) is 60.7. The molecule has 0 fully saturated rings. The van der Waals surface area contributed by atoms with Gasteiger partial charge in [-0.1, -0.05) is 202 Å². The zero-order valence-corrected chi connectivity index (χ0v) is 53.4. The van der Waals surface area contributed by atoms with E-state index in [0.29, 0.717) is 19.3 Å². The van der Waals surface area contributed by atoms with Crippen LogP contribution in [-0.4, -0.2) is 95.9 Å². The largest absolute Gasteiger partial charge is 0.472 e. The summed E-state index contributed by atoms with van der Waals surface area (Å²) in [5.41, 5.74) is 0. The molecule has 0 heterocycles. The molecule has 5 unspecified atom stereocenters. The van der Waals surface area contributed by atoms with Gasteiger partial charge in [0.25, 0.3) is 0 Å². The van der Waals surface area contributed by atoms with E-state index in [0.717, 1.165) is 141 Å². The predicted octanol–water partition coefficient (Wildman–Crippen LogP) is 17.0. The van der Waals surface area contributed by atoms with Crippen molar-refractivity contribution in [3.63, 3.8) is 0 Å². The number of esters is 3. The molecular formula is C65H114O16P2. The van der Waals surface area contributed by atoms with E-state index in [9.17, 15) is 43.5 Å². The standard InChI is InChI=1S/C65H114O16P2/c1-4-7-10-13-16-19-22-25-26-27-28-29-30-31-32-35-37-39-42-45-48-51-63(68)75-54-60(66)55-77-82(71,72)78-56-61(67)57-79-83(73,74)80-59-62(81-65(70)53-50-47-44-41-38-34-24-21-18-15-12-9-6-3)58-76-64(69)52-49-46-43-40-36-33-23-20-17-14-11-8-5-2/h11,14,16,19-21,23-26,28-29,31-32,60-62,66-67H,4-10,12-13,15,17-18,22,27,30,33-59H2,1-3H3,(H,71,72)(H,73,74)/b14-11-,19-16-,23-20-,24-21-,26-25-,29-28-,32-31-. The Morgan fingerprint density at radius 3 is 1.04 bits per heavy atom. The number of carbonyl (C=O) groups is 3. The molecule has 0 spiro atoms. The maximum Gasteiger partial charge on any atom is 0.472 e. The summed E-state index contributed by atoms with van der Waals surface area (Å²) in [7, 11) is -9.77. The minimum atomic E-state index is -4.92. The van der Waals surface area contributed by atoms with Gasteiger partial charge in [-0.25, -0.2) is 9.13 Å². The number of phosphoric acid groups is 2. The fraction of sp³-hybridized carbons (Fsp3) is 0.738. The van der Waals surface area contributed by atoms with Gasteiger partial charge in [0.05, 0.1) is 26.4 Å². The fourth-order valence-electron chi connectivity index (χ4n) is 8.11. The Hall–Kier alpha value is -3.27. The third-order valence-corrected chi connectivity index (χ3v) is 14.9. The van der Waals surface area contributed by atoms with Crippen LogP contribution in [0.25, 0.3) is 0 Å². The van der Waals surface area contributed by atoms with Crippen molar-refractivity contribution in [2.75, 3.05) is 39.6 Å². The summed E-state index contributed by atoms with van der Waals surface area (Å²) >= 11 is 0. The second kappa shape index (κ2) is 59.1. The van der Waals surface area contributed by atoms with E-state index >= 15 is 0 Å². The molecule has 0 aliphatic heterocycles. The molecule has 0 aromatic heterocycles. The average molecular weight is 1210 g/mol. The first kappa shape index (κ1) is 79.7. The first-order valence-corrected chi connectivity index (χ1v) is 34.9. The molecule has 0 aliphatic carbocycles. The van der Waals surface area contributed by atoms with Gasteiger partial charge in [-0.05, 0) is 116 Å². The number of hydrogen-bond donors (Lipinski definition) is 4. The number of phosphoric ester groups is 2. The molecule has 0 aromatic rings. The molecule has 5 atom stereocenters. The summed E-state index contributed by atoms with van der Waals surface area (Å²) in [5, 5.41) is 20.5. The van der Waals surface area contributed by atoms with Crippen molar-refractivity contribution in [3.05, 3.63) is 85.1 Å². The third kappa shape index (κ3) is 60.2. The molecule has 0 aromatic carbocycles. The Morgan fingerprint density at radius 1 is 0.337 bits per heavy atom. The Labute approximate surface area is 502 Å². The lowest BCUT2D eigenvalue weighted by Gasteiger charge is -2.21. The van der Waals surface area contributed by atoms with Crippen LogP contribution in [0.2, 0.25) is 0 Å². The molecule has 16 nitrogen and oxygen atoms in total. The van der Waals surface area contributed by atoms with Gasteiger partial charge in [0, 0.05) is 19.3 Å². The summed E-state index contributed by atoms with van der Waals surface area (Å²) in [4.78, 5) is 58.1. The van der Waals surface area contributed by atoms with E-state index in [1.54, 1.807) is 0 Å². The maximum atomic E-state index is 12.8. The van der Waals surface area contributed by atoms with Gasteiger partial charge < -0.3 is 34.2 Å². The van der Waals surface area contributed by atoms with Crippen molar-refractivity contribution in [3.8, 4) is 0 Å². The number of aliphatic hydroxyl groups is 2. The molecule has 18 heteroatoms. The molecule has 83 heavy (non-hydrogen) atoms. The van der Waals surface area contributed by atoms with Crippen LogP contribution in [0.5, 0.6) is 0 Å². The number of ether oxygens (including phenoxy) is 3. The number of carbonyl (C=O) groups excluding carboxylic acids is 3. The lowest BCUT2D eigenvalue weighted by molar-refractivity contribution is -0.161. The van der Waals surface area contributed by atoms with Crippen molar-refractivity contribution >= 4 is 33.6 Å². The molecule has 0 saturated heterocycles. The number of hydrogen-bond acceptors (Lipinski definition) is 14. The molecule has 0 bridgehead atoms. The SMILES string of the molecule is CCC/C=C\C/C=C\CCCCCCCC(=O)OCC(COP(=O)(O)OCC(O)COP(=O)(O)OCC(O)COC(=O)CCCCCCC/C=C\C/C=C\C/C=C\C/C=C\CCCCC)OC(=O)CCCCCCC/C=C\CCCCCC. The van der Waals surface area contributed by atoms with Crippen LogP contribution in [0, 0.1) is 0 Å². The van der Waals surface area contributed by atoms with Crippen LogP contribution in [0.15, 0.2) is 85.1 Å². The van der Waals surface area contributed by atoms with E-state index in [4.69, 9.17) is 32.3 Å². The van der Waals surface area contributed by atoms with E-state index in [-0.39, 0.29) is 19.3 Å². The maximum absolute atomic E-state index is 12.8. The van der Waals surface area contributed by atoms with Gasteiger partial charge in [-0.3, -0.25) is 32.5 Å². The lowest BCUT2D eigenvalue weighted by atomic mass is 10.1. The van der Waals surface area contributed by atoms with Crippen molar-refractivity contribution in [2.24, 2.45) is 0 Å². The zero-order valence-electron chi connectivity index (χ0n) is 51.6. The number of aliphatic hydroxyl groups excluding tert-OH is 2. The molecule has 0 aliphatic rings. The van der Waals surface area contributed by atoms with Crippen molar-refractivity contribution < 1.29 is 75.8 Å². The predicted molar refractivity (Wildman–Crippen MR) is 334 cm³/mol. The quantitative estimate of drug-likeness (QED) is 0.0146. The van der Waals surface area contributed by atoms with Crippen molar-refractivity contribution in [1.82, 2.24) is 0 Å². The van der Waals surface area contributed by atoms with Gasteiger partial charge >= 0.3 is 33.6 Å². The normalized spacial score (nSPS) is 14.9. The molecule has 0 rings (SSSR count). The average Bonchev–Trinajstić information content (AvgIpc) is 3.46. The molecular weight excluding hydrogens is 1100 g/mol. The van der Waals surface area contributed by atoms with Gasteiger partial charge in [0.1, 0.15) is 25.4 Å². The van der Waals surface area contributed by atoms with Gasteiger partial charge in [0.15, 0.2) is 6.10 Å². The lowest BCUT2D eigenvalue weighted by Crippen LogP contribution is -2.30. The Morgan fingerprint density at radius 2 is 0.627 bits per heavy atom. The van der Waals surface area contributed by atoms with E-state index in [1.165, 1.54) is 51.4 Å². The highest BCUT2D eigenvalue weighted by Gasteiger charge is 2.29. The monoisotopic (exact) mass is 1210 g/mol. The second-order valence-electron chi connectivity index (χ2n) is 21.2. The van der Waals surface area contributed by atoms with Gasteiger partial charge in [-0.2, -0.15) is 0 Å². The fourth-order valence-corrected chi connectivity index (χ4v) is 9.70. The first-order valence-electron chi connectivity index (χ1n) is 31.9. The van der Waals surface area contributed by atoms with E-state index in [1.807, 2.05) is 0 Å².